The summed E-state index contributed by atoms with van der Waals surface area (Å²) in [7, 11) is 1.56. The fourth-order valence-corrected chi connectivity index (χ4v) is 3.54. The van der Waals surface area contributed by atoms with Crippen LogP contribution < -0.4 is 10.3 Å². The number of amides is 3. The van der Waals surface area contributed by atoms with Crippen molar-refractivity contribution in [2.45, 2.75) is 40.5 Å². The van der Waals surface area contributed by atoms with Gasteiger partial charge in [0, 0.05) is 25.6 Å². The topological polar surface area (TPSA) is 82.1 Å². The molecule has 0 radical (unpaired) electrons. The van der Waals surface area contributed by atoms with E-state index in [0.29, 0.717) is 5.69 Å². The van der Waals surface area contributed by atoms with Crippen molar-refractivity contribution in [3.05, 3.63) is 58.7 Å². The van der Waals surface area contributed by atoms with Crippen LogP contribution in [0, 0.1) is 27.7 Å². The maximum atomic E-state index is 12.9. The molecule has 31 heavy (non-hydrogen) atoms. The molecule has 1 aliphatic heterocycles. The number of para-hydroxylation sites is 1. The molecule has 3 amide bonds. The van der Waals surface area contributed by atoms with Gasteiger partial charge in [0.25, 0.3) is 5.91 Å². The Morgan fingerprint density at radius 1 is 1.03 bits per heavy atom. The predicted octanol–water partition coefficient (Wildman–Crippen LogP) is 3.50. The number of likely N-dealkylation sites (N-methyl/N-ethyl adjacent to an activating group) is 1. The minimum absolute atomic E-state index is 0.108. The number of carbonyl (C=O) groups is 3. The van der Waals surface area contributed by atoms with Crippen LogP contribution in [-0.4, -0.2) is 41.9 Å². The SMILES string of the molecule is Cc1ccc(C)c(N2N=C(C(=O)N(C)CC(=O)Nc3c(C)cccc3C)CCC2=O)c1. The van der Waals surface area contributed by atoms with Gasteiger partial charge in [0.1, 0.15) is 5.71 Å². The largest absolute Gasteiger partial charge is 0.331 e. The van der Waals surface area contributed by atoms with Gasteiger partial charge in [-0.1, -0.05) is 30.3 Å². The molecule has 2 aromatic carbocycles. The van der Waals surface area contributed by atoms with Crippen molar-refractivity contribution in [3.8, 4) is 0 Å². The van der Waals surface area contributed by atoms with Crippen molar-refractivity contribution in [1.29, 1.82) is 0 Å². The van der Waals surface area contributed by atoms with Crippen LogP contribution in [0.3, 0.4) is 0 Å². The second-order valence-electron chi connectivity index (χ2n) is 8.02. The summed E-state index contributed by atoms with van der Waals surface area (Å²) in [6, 6.07) is 11.5. The van der Waals surface area contributed by atoms with E-state index >= 15 is 0 Å². The summed E-state index contributed by atoms with van der Waals surface area (Å²) in [5, 5.41) is 8.55. The van der Waals surface area contributed by atoms with Crippen LogP contribution in [-0.2, 0) is 14.4 Å². The summed E-state index contributed by atoms with van der Waals surface area (Å²) in [4.78, 5) is 39.3. The highest BCUT2D eigenvalue weighted by Gasteiger charge is 2.28. The zero-order valence-corrected chi connectivity index (χ0v) is 18.7. The highest BCUT2D eigenvalue weighted by Crippen LogP contribution is 2.26. The average Bonchev–Trinajstić information content (AvgIpc) is 2.72. The van der Waals surface area contributed by atoms with Gasteiger partial charge in [-0.15, -0.1) is 0 Å². The maximum absolute atomic E-state index is 12.9. The molecule has 3 rings (SSSR count). The number of carbonyl (C=O) groups excluding carboxylic acids is 3. The molecule has 2 aromatic rings. The van der Waals surface area contributed by atoms with E-state index in [-0.39, 0.29) is 42.8 Å². The Bertz CT molecular complexity index is 1050. The molecule has 1 heterocycles. The normalized spacial score (nSPS) is 13.6. The standard InChI is InChI=1S/C24H28N4O3/c1-15-9-10-16(2)20(13-15)28-22(30)12-11-19(26-28)24(31)27(5)14-21(29)25-23-17(3)7-6-8-18(23)4/h6-10,13H,11-12,14H2,1-5H3,(H,25,29). The zero-order valence-electron chi connectivity index (χ0n) is 18.7. The number of rotatable bonds is 5. The third-order valence-corrected chi connectivity index (χ3v) is 5.35. The van der Waals surface area contributed by atoms with Crippen LogP contribution in [0.4, 0.5) is 11.4 Å². The van der Waals surface area contributed by atoms with Gasteiger partial charge < -0.3 is 10.2 Å². The number of aryl methyl sites for hydroxylation is 4. The minimum atomic E-state index is -0.362. The molecule has 0 unspecified atom stereocenters. The van der Waals surface area contributed by atoms with Gasteiger partial charge in [-0.25, -0.2) is 5.01 Å². The van der Waals surface area contributed by atoms with E-state index in [2.05, 4.69) is 10.4 Å². The lowest BCUT2D eigenvalue weighted by Gasteiger charge is -2.26. The van der Waals surface area contributed by atoms with Crippen molar-refractivity contribution < 1.29 is 14.4 Å². The number of nitrogens with zero attached hydrogens (tertiary/aromatic N) is 3. The van der Waals surface area contributed by atoms with Crippen LogP contribution >= 0.6 is 0 Å². The van der Waals surface area contributed by atoms with Gasteiger partial charge in [-0.05, 0) is 56.0 Å². The first-order valence-electron chi connectivity index (χ1n) is 10.3. The van der Waals surface area contributed by atoms with Gasteiger partial charge in [-0.2, -0.15) is 5.10 Å². The molecule has 1 N–H and O–H groups in total. The Morgan fingerprint density at radius 3 is 2.39 bits per heavy atom. The van der Waals surface area contributed by atoms with Crippen LogP contribution in [0.5, 0.6) is 0 Å². The predicted molar refractivity (Wildman–Crippen MR) is 122 cm³/mol. The lowest BCUT2D eigenvalue weighted by atomic mass is 10.1. The van der Waals surface area contributed by atoms with Crippen molar-refractivity contribution in [1.82, 2.24) is 4.90 Å². The quantitative estimate of drug-likeness (QED) is 0.804. The summed E-state index contributed by atoms with van der Waals surface area (Å²) in [5.41, 5.74) is 5.52. The van der Waals surface area contributed by atoms with E-state index in [1.165, 1.54) is 9.91 Å². The lowest BCUT2D eigenvalue weighted by Crippen LogP contribution is -2.42. The van der Waals surface area contributed by atoms with E-state index in [1.54, 1.807) is 7.05 Å². The summed E-state index contributed by atoms with van der Waals surface area (Å²) >= 11 is 0. The van der Waals surface area contributed by atoms with E-state index < -0.39 is 0 Å². The molecule has 0 fully saturated rings. The molecular weight excluding hydrogens is 392 g/mol. The zero-order chi connectivity index (χ0) is 22.7. The summed E-state index contributed by atoms with van der Waals surface area (Å²) < 4.78 is 0. The third kappa shape index (κ3) is 4.99. The minimum Gasteiger partial charge on any atom is -0.331 e. The number of benzene rings is 2. The molecule has 0 saturated heterocycles. The Morgan fingerprint density at radius 2 is 1.71 bits per heavy atom. The monoisotopic (exact) mass is 420 g/mol. The first kappa shape index (κ1) is 22.2. The Hall–Kier alpha value is -3.48. The highest BCUT2D eigenvalue weighted by molar-refractivity contribution is 6.40. The fraction of sp³-hybridized carbons (Fsp3) is 0.333. The second-order valence-corrected chi connectivity index (χ2v) is 8.02. The maximum Gasteiger partial charge on any atom is 0.270 e. The Balaban J connectivity index is 1.74. The van der Waals surface area contributed by atoms with Gasteiger partial charge in [-0.3, -0.25) is 14.4 Å². The van der Waals surface area contributed by atoms with Crippen LogP contribution in [0.2, 0.25) is 0 Å². The van der Waals surface area contributed by atoms with E-state index in [0.717, 1.165) is 27.9 Å². The number of hydrogen-bond donors (Lipinski definition) is 1. The molecule has 162 valence electrons. The smallest absolute Gasteiger partial charge is 0.270 e. The molecule has 0 bridgehead atoms. The molecule has 0 aromatic heterocycles. The first-order valence-corrected chi connectivity index (χ1v) is 10.3. The molecule has 0 aliphatic carbocycles. The number of anilines is 2. The molecule has 0 atom stereocenters. The third-order valence-electron chi connectivity index (χ3n) is 5.35. The number of nitrogens with one attached hydrogen (secondary N) is 1. The van der Waals surface area contributed by atoms with Gasteiger partial charge in [0.2, 0.25) is 11.8 Å². The van der Waals surface area contributed by atoms with Crippen molar-refractivity contribution in [3.63, 3.8) is 0 Å². The highest BCUT2D eigenvalue weighted by atomic mass is 16.2. The Labute approximate surface area is 182 Å². The summed E-state index contributed by atoms with van der Waals surface area (Å²) in [6.45, 7) is 7.58. The van der Waals surface area contributed by atoms with Crippen LogP contribution in [0.15, 0.2) is 41.5 Å². The lowest BCUT2D eigenvalue weighted by molar-refractivity contribution is -0.128. The van der Waals surface area contributed by atoms with Crippen molar-refractivity contribution in [2.24, 2.45) is 5.10 Å². The molecule has 7 heteroatoms. The van der Waals surface area contributed by atoms with Crippen LogP contribution in [0.1, 0.15) is 35.1 Å². The van der Waals surface area contributed by atoms with E-state index in [4.69, 9.17) is 0 Å². The Kier molecular flexibility index (Phi) is 6.53. The number of hydrogen-bond acceptors (Lipinski definition) is 4. The van der Waals surface area contributed by atoms with Gasteiger partial charge in [0.05, 0.1) is 12.2 Å². The van der Waals surface area contributed by atoms with E-state index in [1.807, 2.05) is 64.1 Å². The molecular formula is C24H28N4O3. The second kappa shape index (κ2) is 9.12. The molecule has 0 spiro atoms. The van der Waals surface area contributed by atoms with Gasteiger partial charge >= 0.3 is 0 Å². The summed E-state index contributed by atoms with van der Waals surface area (Å²) in [5.74, 6) is -0.799. The van der Waals surface area contributed by atoms with E-state index in [9.17, 15) is 14.4 Å². The number of hydrazone groups is 1. The fourth-order valence-electron chi connectivity index (χ4n) is 3.54. The molecule has 7 nitrogen and oxygen atoms in total. The summed E-state index contributed by atoms with van der Waals surface area (Å²) in [6.07, 6.45) is 0.447. The van der Waals surface area contributed by atoms with Crippen LogP contribution in [0.25, 0.3) is 0 Å². The van der Waals surface area contributed by atoms with Gasteiger partial charge in [0.15, 0.2) is 0 Å². The first-order chi connectivity index (χ1) is 14.7. The van der Waals surface area contributed by atoms with Crippen molar-refractivity contribution in [2.75, 3.05) is 23.9 Å². The molecule has 1 aliphatic rings. The molecule has 0 saturated carbocycles. The van der Waals surface area contributed by atoms with Crippen molar-refractivity contribution >= 4 is 34.8 Å². The average molecular weight is 421 g/mol.